The van der Waals surface area contributed by atoms with Gasteiger partial charge in [-0.3, -0.25) is 4.99 Å². The van der Waals surface area contributed by atoms with Crippen molar-refractivity contribution in [1.82, 2.24) is 0 Å². The van der Waals surface area contributed by atoms with Crippen LogP contribution in [0.25, 0.3) is 0 Å². The van der Waals surface area contributed by atoms with Gasteiger partial charge in [0.2, 0.25) is 0 Å². The van der Waals surface area contributed by atoms with Crippen molar-refractivity contribution < 1.29 is 9.90 Å². The highest BCUT2D eigenvalue weighted by Crippen LogP contribution is 2.23. The zero-order chi connectivity index (χ0) is 10.6. The molecule has 1 unspecified atom stereocenters. The number of aliphatic imine (C=N–C) groups is 1. The number of nitrogens with two attached hydrogens (primary N) is 2. The molecule has 0 amide bonds. The highest BCUT2D eigenvalue weighted by molar-refractivity contribution is 5.86. The summed E-state index contributed by atoms with van der Waals surface area (Å²) in [5, 5.41) is 8.71. The predicted molar refractivity (Wildman–Crippen MR) is 53.7 cm³/mol. The molecule has 5 N–H and O–H groups in total. The first-order valence-electron chi connectivity index (χ1n) is 4.57. The molecule has 0 aromatic carbocycles. The van der Waals surface area contributed by atoms with Gasteiger partial charge in [-0.1, -0.05) is 6.08 Å². The number of hydrogen-bond donors (Lipinski definition) is 3. The van der Waals surface area contributed by atoms with Crippen LogP contribution >= 0.6 is 0 Å². The molecule has 0 fully saturated rings. The zero-order valence-corrected chi connectivity index (χ0v) is 7.94. The van der Waals surface area contributed by atoms with Crippen LogP contribution in [0.3, 0.4) is 0 Å². The van der Waals surface area contributed by atoms with Gasteiger partial charge in [0.15, 0.2) is 5.96 Å². The minimum absolute atomic E-state index is 0.0954. The van der Waals surface area contributed by atoms with Crippen LogP contribution in [-0.4, -0.2) is 23.6 Å². The van der Waals surface area contributed by atoms with E-state index in [1.54, 1.807) is 6.08 Å². The van der Waals surface area contributed by atoms with E-state index in [-0.39, 0.29) is 5.96 Å². The number of carboxylic acids is 1. The van der Waals surface area contributed by atoms with Crippen LogP contribution in [0.4, 0.5) is 0 Å². The minimum atomic E-state index is -0.815. The topological polar surface area (TPSA) is 102 Å². The quantitative estimate of drug-likeness (QED) is 0.440. The summed E-state index contributed by atoms with van der Waals surface area (Å²) in [5.41, 5.74) is 10.9. The van der Waals surface area contributed by atoms with Gasteiger partial charge in [0.05, 0.1) is 0 Å². The van der Waals surface area contributed by atoms with Gasteiger partial charge < -0.3 is 16.6 Å². The molecule has 5 nitrogen and oxygen atoms in total. The Labute approximate surface area is 82.5 Å². The molecular weight excluding hydrogens is 182 g/mol. The number of carbonyl (C=O) groups is 1. The maximum absolute atomic E-state index is 10.6. The standard InChI is InChI=1S/C9H15N3O2/c10-9(11)12-5-6-1-3-7(4-2-6)8(13)14/h3,6H,1-2,4-5H2,(H,13,14)(H4,10,11,12). The fourth-order valence-corrected chi connectivity index (χ4v) is 1.48. The lowest BCUT2D eigenvalue weighted by Gasteiger charge is -2.18. The molecular formula is C9H15N3O2. The molecule has 0 aromatic rings. The van der Waals surface area contributed by atoms with Crippen molar-refractivity contribution in [1.29, 1.82) is 0 Å². The van der Waals surface area contributed by atoms with Crippen LogP contribution in [-0.2, 0) is 4.79 Å². The minimum Gasteiger partial charge on any atom is -0.478 e. The largest absolute Gasteiger partial charge is 0.478 e. The van der Waals surface area contributed by atoms with Crippen LogP contribution < -0.4 is 11.5 Å². The summed E-state index contributed by atoms with van der Waals surface area (Å²) in [7, 11) is 0. The number of rotatable bonds is 3. The van der Waals surface area contributed by atoms with Gasteiger partial charge in [0.25, 0.3) is 0 Å². The highest BCUT2D eigenvalue weighted by atomic mass is 16.4. The molecule has 0 aromatic heterocycles. The third kappa shape index (κ3) is 3.08. The van der Waals surface area contributed by atoms with E-state index in [2.05, 4.69) is 4.99 Å². The SMILES string of the molecule is NC(N)=NCC1CC=C(C(=O)O)CC1. The Bertz CT molecular complexity index is 280. The summed E-state index contributed by atoms with van der Waals surface area (Å²) in [6.45, 7) is 0.589. The molecule has 5 heteroatoms. The monoisotopic (exact) mass is 197 g/mol. The average Bonchev–Trinajstić information content (AvgIpc) is 2.15. The van der Waals surface area contributed by atoms with Crippen molar-refractivity contribution in [2.75, 3.05) is 6.54 Å². The van der Waals surface area contributed by atoms with Crippen molar-refractivity contribution >= 4 is 11.9 Å². The molecule has 0 saturated carbocycles. The predicted octanol–water partition coefficient (Wildman–Crippen LogP) is 0.0709. The van der Waals surface area contributed by atoms with E-state index in [9.17, 15) is 4.79 Å². The first-order chi connectivity index (χ1) is 6.59. The van der Waals surface area contributed by atoms with Crippen molar-refractivity contribution in [3.05, 3.63) is 11.6 Å². The van der Waals surface area contributed by atoms with Crippen molar-refractivity contribution in [3.8, 4) is 0 Å². The maximum Gasteiger partial charge on any atom is 0.331 e. The number of hydrogen-bond acceptors (Lipinski definition) is 2. The molecule has 1 aliphatic carbocycles. The number of allylic oxidation sites excluding steroid dienone is 1. The molecule has 0 aliphatic heterocycles. The van der Waals surface area contributed by atoms with Gasteiger partial charge in [0.1, 0.15) is 0 Å². The summed E-state index contributed by atoms with van der Waals surface area (Å²) in [4.78, 5) is 14.5. The molecule has 78 valence electrons. The van der Waals surface area contributed by atoms with Crippen LogP contribution in [0, 0.1) is 5.92 Å². The molecule has 1 atom stereocenters. The van der Waals surface area contributed by atoms with E-state index in [0.717, 1.165) is 12.8 Å². The summed E-state index contributed by atoms with van der Waals surface area (Å²) < 4.78 is 0. The number of guanidine groups is 1. The maximum atomic E-state index is 10.6. The van der Waals surface area contributed by atoms with Gasteiger partial charge in [-0.15, -0.1) is 0 Å². The molecule has 1 rings (SSSR count). The Balaban J connectivity index is 2.43. The van der Waals surface area contributed by atoms with Crippen LogP contribution in [0.1, 0.15) is 19.3 Å². The fraction of sp³-hybridized carbons (Fsp3) is 0.556. The van der Waals surface area contributed by atoms with Crippen molar-refractivity contribution in [2.24, 2.45) is 22.4 Å². The fourth-order valence-electron chi connectivity index (χ4n) is 1.48. The summed E-state index contributed by atoms with van der Waals surface area (Å²) in [6.07, 6.45) is 3.96. The average molecular weight is 197 g/mol. The Hall–Kier alpha value is -1.52. The summed E-state index contributed by atoms with van der Waals surface area (Å²) in [5.74, 6) is -0.344. The molecule has 0 saturated heterocycles. The molecule has 14 heavy (non-hydrogen) atoms. The third-order valence-electron chi connectivity index (χ3n) is 2.33. The molecule has 0 spiro atoms. The van der Waals surface area contributed by atoms with E-state index < -0.39 is 5.97 Å². The second-order valence-corrected chi connectivity index (χ2v) is 3.44. The number of carboxylic acid groups (broad SMARTS) is 1. The van der Waals surface area contributed by atoms with E-state index in [0.29, 0.717) is 24.5 Å². The molecule has 0 heterocycles. The third-order valence-corrected chi connectivity index (χ3v) is 2.33. The van der Waals surface area contributed by atoms with Gasteiger partial charge in [-0.2, -0.15) is 0 Å². The van der Waals surface area contributed by atoms with E-state index in [1.807, 2.05) is 0 Å². The molecule has 0 radical (unpaired) electrons. The molecule has 0 bridgehead atoms. The smallest absolute Gasteiger partial charge is 0.331 e. The van der Waals surface area contributed by atoms with E-state index in [1.165, 1.54) is 0 Å². The lowest BCUT2D eigenvalue weighted by atomic mass is 9.90. The van der Waals surface area contributed by atoms with E-state index >= 15 is 0 Å². The van der Waals surface area contributed by atoms with E-state index in [4.69, 9.17) is 16.6 Å². The Kier molecular flexibility index (Phi) is 3.50. The summed E-state index contributed by atoms with van der Waals surface area (Å²) >= 11 is 0. The second-order valence-electron chi connectivity index (χ2n) is 3.44. The first-order valence-corrected chi connectivity index (χ1v) is 4.57. The lowest BCUT2D eigenvalue weighted by molar-refractivity contribution is -0.132. The Morgan fingerprint density at radius 2 is 2.36 bits per heavy atom. The van der Waals surface area contributed by atoms with Gasteiger partial charge in [-0.25, -0.2) is 4.79 Å². The lowest BCUT2D eigenvalue weighted by Crippen LogP contribution is -2.24. The van der Waals surface area contributed by atoms with Gasteiger partial charge in [0, 0.05) is 12.1 Å². The van der Waals surface area contributed by atoms with Crippen LogP contribution in [0.5, 0.6) is 0 Å². The van der Waals surface area contributed by atoms with Gasteiger partial charge in [-0.05, 0) is 25.2 Å². The normalized spacial score (nSPS) is 21.1. The Morgan fingerprint density at radius 1 is 1.64 bits per heavy atom. The highest BCUT2D eigenvalue weighted by Gasteiger charge is 2.17. The molecule has 1 aliphatic rings. The van der Waals surface area contributed by atoms with Crippen molar-refractivity contribution in [2.45, 2.75) is 19.3 Å². The number of nitrogens with zero attached hydrogens (tertiary/aromatic N) is 1. The second kappa shape index (κ2) is 4.64. The van der Waals surface area contributed by atoms with Crippen LogP contribution in [0.15, 0.2) is 16.6 Å². The summed E-state index contributed by atoms with van der Waals surface area (Å²) in [6, 6.07) is 0. The van der Waals surface area contributed by atoms with Crippen LogP contribution in [0.2, 0.25) is 0 Å². The number of aliphatic carboxylic acids is 1. The first kappa shape index (κ1) is 10.6. The Morgan fingerprint density at radius 3 is 2.79 bits per heavy atom. The zero-order valence-electron chi connectivity index (χ0n) is 7.94. The van der Waals surface area contributed by atoms with Gasteiger partial charge >= 0.3 is 5.97 Å². The van der Waals surface area contributed by atoms with Crippen molar-refractivity contribution in [3.63, 3.8) is 0 Å².